The Balaban J connectivity index is 2.16. The van der Waals surface area contributed by atoms with Gasteiger partial charge in [-0.2, -0.15) is 5.26 Å². The zero-order chi connectivity index (χ0) is 16.8. The molecule has 6 heteroatoms. The van der Waals surface area contributed by atoms with Gasteiger partial charge >= 0.3 is 0 Å². The van der Waals surface area contributed by atoms with Crippen LogP contribution in [0.15, 0.2) is 45.9 Å². The van der Waals surface area contributed by atoms with Gasteiger partial charge in [-0.25, -0.2) is 9.50 Å². The van der Waals surface area contributed by atoms with Crippen molar-refractivity contribution in [2.24, 2.45) is 0 Å². The maximum Gasteiger partial charge on any atom is 0.276 e. The molecular weight excluding hydrogens is 304 g/mol. The molecule has 0 spiro atoms. The van der Waals surface area contributed by atoms with Crippen LogP contribution in [0.5, 0.6) is 0 Å². The third-order valence-corrected chi connectivity index (χ3v) is 4.13. The SMILES string of the molecule is CC(C)c1c(-c2coc3ccccc23)nc2c(C#N)c[nH]n2c1=O. The highest BCUT2D eigenvalue weighted by molar-refractivity contribution is 5.94. The molecule has 6 nitrogen and oxygen atoms in total. The molecule has 0 radical (unpaired) electrons. The Labute approximate surface area is 137 Å². The smallest absolute Gasteiger partial charge is 0.276 e. The van der Waals surface area contributed by atoms with Gasteiger partial charge in [-0.3, -0.25) is 9.89 Å². The van der Waals surface area contributed by atoms with Crippen LogP contribution >= 0.6 is 0 Å². The second-order valence-electron chi connectivity index (χ2n) is 5.94. The number of aromatic nitrogens is 3. The van der Waals surface area contributed by atoms with E-state index in [4.69, 9.17) is 4.42 Å². The van der Waals surface area contributed by atoms with Crippen LogP contribution < -0.4 is 5.56 Å². The standard InChI is InChI=1S/C18H14N4O2/c1-10(2)15-16(13-9-24-14-6-4-3-5-12(13)14)21-17-11(7-19)8-20-22(17)18(15)23/h3-6,8-10,20H,1-2H3. The molecule has 3 heterocycles. The molecule has 0 fully saturated rings. The highest BCUT2D eigenvalue weighted by Crippen LogP contribution is 2.33. The van der Waals surface area contributed by atoms with Gasteiger partial charge < -0.3 is 4.42 Å². The van der Waals surface area contributed by atoms with Crippen LogP contribution in [0.1, 0.15) is 30.9 Å². The molecule has 3 aromatic heterocycles. The molecule has 1 N–H and O–H groups in total. The molecule has 0 aliphatic carbocycles. The van der Waals surface area contributed by atoms with E-state index in [2.05, 4.69) is 16.2 Å². The fourth-order valence-electron chi connectivity index (χ4n) is 3.00. The number of nitrogens with one attached hydrogen (secondary N) is 1. The van der Waals surface area contributed by atoms with E-state index in [1.807, 2.05) is 38.1 Å². The summed E-state index contributed by atoms with van der Waals surface area (Å²) in [6.45, 7) is 3.90. The van der Waals surface area contributed by atoms with Crippen molar-refractivity contribution in [2.75, 3.05) is 0 Å². The third kappa shape index (κ3) is 1.88. The van der Waals surface area contributed by atoms with Crippen molar-refractivity contribution in [1.82, 2.24) is 14.6 Å². The molecule has 4 rings (SSSR count). The summed E-state index contributed by atoms with van der Waals surface area (Å²) in [5.74, 6) is -0.0283. The number of hydrogen-bond acceptors (Lipinski definition) is 4. The van der Waals surface area contributed by atoms with Crippen LogP contribution in [-0.2, 0) is 0 Å². The van der Waals surface area contributed by atoms with Gasteiger partial charge in [0.15, 0.2) is 5.65 Å². The lowest BCUT2D eigenvalue weighted by Crippen LogP contribution is -2.22. The summed E-state index contributed by atoms with van der Waals surface area (Å²) in [6, 6.07) is 9.67. The molecule has 0 aliphatic heterocycles. The van der Waals surface area contributed by atoms with Gasteiger partial charge in [-0.1, -0.05) is 32.0 Å². The van der Waals surface area contributed by atoms with Crippen LogP contribution in [0.4, 0.5) is 0 Å². The first kappa shape index (κ1) is 14.3. The lowest BCUT2D eigenvalue weighted by Gasteiger charge is -2.11. The summed E-state index contributed by atoms with van der Waals surface area (Å²) >= 11 is 0. The van der Waals surface area contributed by atoms with Crippen molar-refractivity contribution >= 4 is 16.6 Å². The molecule has 4 aromatic rings. The Bertz CT molecular complexity index is 1170. The molecule has 0 bridgehead atoms. The zero-order valence-corrected chi connectivity index (χ0v) is 13.2. The Morgan fingerprint density at radius 3 is 2.88 bits per heavy atom. The van der Waals surface area contributed by atoms with Crippen molar-refractivity contribution in [3.05, 3.63) is 58.2 Å². The van der Waals surface area contributed by atoms with Gasteiger partial charge in [-0.15, -0.1) is 0 Å². The Kier molecular flexibility index (Phi) is 3.03. The van der Waals surface area contributed by atoms with Gasteiger partial charge in [-0.05, 0) is 12.0 Å². The molecule has 0 unspecified atom stereocenters. The van der Waals surface area contributed by atoms with Crippen LogP contribution in [0.3, 0.4) is 0 Å². The first-order valence-electron chi connectivity index (χ1n) is 7.62. The van der Waals surface area contributed by atoms with E-state index in [-0.39, 0.29) is 11.5 Å². The fourth-order valence-corrected chi connectivity index (χ4v) is 3.00. The van der Waals surface area contributed by atoms with Gasteiger partial charge in [0.2, 0.25) is 0 Å². The van der Waals surface area contributed by atoms with Gasteiger partial charge in [0.05, 0.1) is 5.69 Å². The van der Waals surface area contributed by atoms with Crippen molar-refractivity contribution in [3.8, 4) is 17.3 Å². The van der Waals surface area contributed by atoms with Crippen molar-refractivity contribution in [2.45, 2.75) is 19.8 Å². The summed E-state index contributed by atoms with van der Waals surface area (Å²) in [6.07, 6.45) is 3.11. The van der Waals surface area contributed by atoms with Gasteiger partial charge in [0.1, 0.15) is 23.5 Å². The summed E-state index contributed by atoms with van der Waals surface area (Å²) in [7, 11) is 0. The number of benzene rings is 1. The van der Waals surface area contributed by atoms with Crippen LogP contribution in [0.2, 0.25) is 0 Å². The molecule has 0 saturated carbocycles. The third-order valence-electron chi connectivity index (χ3n) is 4.13. The fraction of sp³-hybridized carbons (Fsp3) is 0.167. The Morgan fingerprint density at radius 1 is 1.33 bits per heavy atom. The van der Waals surface area contributed by atoms with Crippen LogP contribution in [0, 0.1) is 11.3 Å². The summed E-state index contributed by atoms with van der Waals surface area (Å²) in [5.41, 5.74) is 3.11. The number of para-hydroxylation sites is 1. The van der Waals surface area contributed by atoms with Gasteiger partial charge in [0.25, 0.3) is 5.56 Å². The quantitative estimate of drug-likeness (QED) is 0.613. The average molecular weight is 318 g/mol. The molecule has 0 atom stereocenters. The largest absolute Gasteiger partial charge is 0.464 e. The van der Waals surface area contributed by atoms with Crippen molar-refractivity contribution in [1.29, 1.82) is 5.26 Å². The number of nitrogens with zero attached hydrogens (tertiary/aromatic N) is 3. The minimum atomic E-state index is -0.197. The first-order valence-corrected chi connectivity index (χ1v) is 7.62. The maximum absolute atomic E-state index is 12.9. The second-order valence-corrected chi connectivity index (χ2v) is 5.94. The summed E-state index contributed by atoms with van der Waals surface area (Å²) < 4.78 is 6.93. The molecular formula is C18H14N4O2. The monoisotopic (exact) mass is 318 g/mol. The normalized spacial score (nSPS) is 11.4. The van der Waals surface area contributed by atoms with E-state index in [1.54, 1.807) is 6.26 Å². The Hall–Kier alpha value is -3.33. The minimum Gasteiger partial charge on any atom is -0.464 e. The number of fused-ring (bicyclic) bond motifs is 2. The van der Waals surface area contributed by atoms with E-state index >= 15 is 0 Å². The summed E-state index contributed by atoms with van der Waals surface area (Å²) in [5, 5.41) is 12.9. The van der Waals surface area contributed by atoms with Gasteiger partial charge in [0, 0.05) is 22.7 Å². The number of rotatable bonds is 2. The van der Waals surface area contributed by atoms with Crippen LogP contribution in [-0.4, -0.2) is 14.6 Å². The topological polar surface area (TPSA) is 87.1 Å². The first-order chi connectivity index (χ1) is 11.6. The molecule has 0 saturated heterocycles. The van der Waals surface area contributed by atoms with E-state index in [1.165, 1.54) is 10.7 Å². The predicted molar refractivity (Wildman–Crippen MR) is 89.8 cm³/mol. The number of H-pyrrole nitrogens is 1. The average Bonchev–Trinajstić information content (AvgIpc) is 3.18. The highest BCUT2D eigenvalue weighted by atomic mass is 16.3. The van der Waals surface area contributed by atoms with E-state index in [9.17, 15) is 10.1 Å². The second kappa shape index (κ2) is 5.10. The predicted octanol–water partition coefficient (Wildman–Crippen LogP) is 3.43. The highest BCUT2D eigenvalue weighted by Gasteiger charge is 2.22. The van der Waals surface area contributed by atoms with Crippen molar-refractivity contribution < 1.29 is 4.42 Å². The molecule has 118 valence electrons. The van der Waals surface area contributed by atoms with E-state index < -0.39 is 0 Å². The number of furan rings is 1. The number of nitriles is 1. The lowest BCUT2D eigenvalue weighted by atomic mass is 9.98. The molecule has 0 amide bonds. The van der Waals surface area contributed by atoms with Crippen molar-refractivity contribution in [3.63, 3.8) is 0 Å². The molecule has 0 aliphatic rings. The summed E-state index contributed by atoms with van der Waals surface area (Å²) in [4.78, 5) is 17.5. The maximum atomic E-state index is 12.9. The van der Waals surface area contributed by atoms with Crippen LogP contribution in [0.25, 0.3) is 27.9 Å². The van der Waals surface area contributed by atoms with E-state index in [0.29, 0.717) is 22.5 Å². The number of hydrogen-bond donors (Lipinski definition) is 1. The molecule has 1 aromatic carbocycles. The zero-order valence-electron chi connectivity index (χ0n) is 13.2. The lowest BCUT2D eigenvalue weighted by molar-refractivity contribution is 0.616. The minimum absolute atomic E-state index is 0.0283. The Morgan fingerprint density at radius 2 is 2.12 bits per heavy atom. The van der Waals surface area contributed by atoms with E-state index in [0.717, 1.165) is 16.5 Å². The molecule has 24 heavy (non-hydrogen) atoms. The number of aromatic amines is 1.